The summed E-state index contributed by atoms with van der Waals surface area (Å²) in [6.45, 7) is 8.33. The summed E-state index contributed by atoms with van der Waals surface area (Å²) < 4.78 is 13.1. The van der Waals surface area contributed by atoms with Gasteiger partial charge in [0.15, 0.2) is 0 Å². The first kappa shape index (κ1) is 28.4. The van der Waals surface area contributed by atoms with Gasteiger partial charge >= 0.3 is 0 Å². The molecule has 0 spiro atoms. The molecular weight excluding hydrogens is 440 g/mol. The first-order valence-corrected chi connectivity index (χ1v) is 15.0. The lowest BCUT2D eigenvalue weighted by Gasteiger charge is -2.18. The summed E-state index contributed by atoms with van der Waals surface area (Å²) in [6, 6.07) is 15.5. The fraction of sp³-hybridized carbons (Fsp3) is 0.588. The molecule has 0 heterocycles. The number of rotatable bonds is 19. The van der Waals surface area contributed by atoms with Crippen molar-refractivity contribution < 1.29 is 9.47 Å². The molecule has 3 aromatic rings. The smallest absolute Gasteiger partial charge is 0.135 e. The third-order valence-electron chi connectivity index (χ3n) is 7.39. The van der Waals surface area contributed by atoms with E-state index in [1.165, 1.54) is 104 Å². The van der Waals surface area contributed by atoms with Crippen LogP contribution in [0.1, 0.15) is 116 Å². The maximum Gasteiger partial charge on any atom is 0.135 e. The van der Waals surface area contributed by atoms with Gasteiger partial charge in [-0.2, -0.15) is 0 Å². The highest BCUT2D eigenvalue weighted by Crippen LogP contribution is 2.43. The van der Waals surface area contributed by atoms with Crippen LogP contribution in [0, 0.1) is 0 Å². The van der Waals surface area contributed by atoms with Crippen molar-refractivity contribution in [2.24, 2.45) is 0 Å². The van der Waals surface area contributed by atoms with Crippen molar-refractivity contribution in [1.29, 1.82) is 0 Å². The lowest BCUT2D eigenvalue weighted by atomic mass is 9.98. The summed E-state index contributed by atoms with van der Waals surface area (Å²) in [4.78, 5) is 0. The van der Waals surface area contributed by atoms with E-state index < -0.39 is 0 Å². The zero-order chi connectivity index (χ0) is 25.4. The fourth-order valence-electron chi connectivity index (χ4n) is 5.14. The molecule has 0 aliphatic heterocycles. The highest BCUT2D eigenvalue weighted by molar-refractivity contribution is 6.11. The molecule has 0 unspecified atom stereocenters. The normalized spacial score (nSPS) is 11.4. The molecule has 0 fully saturated rings. The average molecular weight is 491 g/mol. The Labute approximate surface area is 220 Å². The van der Waals surface area contributed by atoms with Crippen LogP contribution in [0.15, 0.2) is 42.5 Å². The van der Waals surface area contributed by atoms with Gasteiger partial charge in [-0.3, -0.25) is 0 Å². The van der Waals surface area contributed by atoms with E-state index in [4.69, 9.17) is 9.47 Å². The summed E-state index contributed by atoms with van der Waals surface area (Å²) in [5, 5.41) is 4.73. The monoisotopic (exact) mass is 490 g/mol. The van der Waals surface area contributed by atoms with Gasteiger partial charge in [-0.1, -0.05) is 134 Å². The molecule has 0 saturated carbocycles. The standard InChI is InChI=1S/C34H50O2/c1-4-7-9-11-13-15-19-25-35-33-29-21-17-18-22-30(29)34(32-27-28(6-3)23-24-31(32)33)36-26-20-16-14-12-10-8-5-2/h17-18,21-24,27H,4-16,19-20,25-26H2,1-3H3. The second-order valence-electron chi connectivity index (χ2n) is 10.4. The molecule has 2 nitrogen and oxygen atoms in total. The summed E-state index contributed by atoms with van der Waals surface area (Å²) in [7, 11) is 0. The summed E-state index contributed by atoms with van der Waals surface area (Å²) in [5.41, 5.74) is 1.34. The minimum atomic E-state index is 0.778. The van der Waals surface area contributed by atoms with E-state index in [1.807, 2.05) is 0 Å². The van der Waals surface area contributed by atoms with Crippen LogP contribution in [-0.4, -0.2) is 13.2 Å². The molecule has 0 saturated heterocycles. The van der Waals surface area contributed by atoms with Crippen LogP contribution in [0.5, 0.6) is 11.5 Å². The van der Waals surface area contributed by atoms with E-state index >= 15 is 0 Å². The van der Waals surface area contributed by atoms with Crippen molar-refractivity contribution in [3.05, 3.63) is 48.0 Å². The van der Waals surface area contributed by atoms with E-state index in [-0.39, 0.29) is 0 Å². The quantitative estimate of drug-likeness (QED) is 0.123. The molecular formula is C34H50O2. The van der Waals surface area contributed by atoms with Crippen LogP contribution in [-0.2, 0) is 6.42 Å². The molecule has 0 radical (unpaired) electrons. The molecule has 0 aliphatic carbocycles. The lowest BCUT2D eigenvalue weighted by molar-refractivity contribution is 0.306. The molecule has 0 aromatic heterocycles. The van der Waals surface area contributed by atoms with Crippen LogP contribution in [0.4, 0.5) is 0 Å². The van der Waals surface area contributed by atoms with Crippen molar-refractivity contribution in [3.8, 4) is 11.5 Å². The summed E-state index contributed by atoms with van der Waals surface area (Å²) in [6.07, 6.45) is 19.2. The van der Waals surface area contributed by atoms with Crippen molar-refractivity contribution >= 4 is 21.5 Å². The van der Waals surface area contributed by atoms with Gasteiger partial charge < -0.3 is 9.47 Å². The number of hydrogen-bond acceptors (Lipinski definition) is 2. The Kier molecular flexibility index (Phi) is 13.0. The molecule has 0 aliphatic rings. The van der Waals surface area contributed by atoms with Gasteiger partial charge in [-0.25, -0.2) is 0 Å². The number of hydrogen-bond donors (Lipinski definition) is 0. The Morgan fingerprint density at radius 1 is 0.472 bits per heavy atom. The van der Waals surface area contributed by atoms with Crippen LogP contribution in [0.3, 0.4) is 0 Å². The van der Waals surface area contributed by atoms with Crippen LogP contribution in [0.2, 0.25) is 0 Å². The predicted molar refractivity (Wildman–Crippen MR) is 158 cm³/mol. The Balaban J connectivity index is 1.73. The molecule has 0 amide bonds. The molecule has 3 aromatic carbocycles. The Hall–Kier alpha value is -2.22. The van der Waals surface area contributed by atoms with Crippen LogP contribution in [0.25, 0.3) is 21.5 Å². The molecule has 3 rings (SSSR count). The van der Waals surface area contributed by atoms with Crippen molar-refractivity contribution in [1.82, 2.24) is 0 Å². The topological polar surface area (TPSA) is 18.5 Å². The van der Waals surface area contributed by atoms with Crippen molar-refractivity contribution in [2.45, 2.75) is 117 Å². The molecule has 0 bridgehead atoms. The molecule has 198 valence electrons. The maximum absolute atomic E-state index is 6.55. The average Bonchev–Trinajstić information content (AvgIpc) is 2.91. The molecule has 0 atom stereocenters. The number of benzene rings is 3. The van der Waals surface area contributed by atoms with Crippen molar-refractivity contribution in [2.75, 3.05) is 13.2 Å². The highest BCUT2D eigenvalue weighted by atomic mass is 16.5. The highest BCUT2D eigenvalue weighted by Gasteiger charge is 2.16. The van der Waals surface area contributed by atoms with Gasteiger partial charge in [0.05, 0.1) is 13.2 Å². The van der Waals surface area contributed by atoms with Gasteiger partial charge in [0, 0.05) is 21.5 Å². The van der Waals surface area contributed by atoms with E-state index in [0.29, 0.717) is 0 Å². The largest absolute Gasteiger partial charge is 0.492 e. The third-order valence-corrected chi connectivity index (χ3v) is 7.39. The van der Waals surface area contributed by atoms with Crippen molar-refractivity contribution in [3.63, 3.8) is 0 Å². The molecule has 2 heteroatoms. The first-order chi connectivity index (χ1) is 17.8. The van der Waals surface area contributed by atoms with Gasteiger partial charge in [0.1, 0.15) is 11.5 Å². The second-order valence-corrected chi connectivity index (χ2v) is 10.4. The summed E-state index contributed by atoms with van der Waals surface area (Å²) >= 11 is 0. The second kappa shape index (κ2) is 16.5. The van der Waals surface area contributed by atoms with Crippen LogP contribution < -0.4 is 9.47 Å². The number of fused-ring (bicyclic) bond motifs is 2. The fourth-order valence-corrected chi connectivity index (χ4v) is 5.14. The Morgan fingerprint density at radius 2 is 0.917 bits per heavy atom. The maximum atomic E-state index is 6.55. The predicted octanol–water partition coefficient (Wildman–Crippen LogP) is 10.8. The number of unbranched alkanes of at least 4 members (excludes halogenated alkanes) is 12. The lowest BCUT2D eigenvalue weighted by Crippen LogP contribution is -2.03. The minimum absolute atomic E-state index is 0.778. The van der Waals surface area contributed by atoms with E-state index in [9.17, 15) is 0 Å². The zero-order valence-corrected chi connectivity index (χ0v) is 23.4. The number of aryl methyl sites for hydroxylation is 1. The molecule has 36 heavy (non-hydrogen) atoms. The SMILES string of the molecule is CCCCCCCCCOc1c2ccccc2c(OCCCCCCCCC)c2cc(CC)ccc12. The first-order valence-electron chi connectivity index (χ1n) is 15.0. The van der Waals surface area contributed by atoms with Gasteiger partial charge in [-0.15, -0.1) is 0 Å². The van der Waals surface area contributed by atoms with Gasteiger partial charge in [-0.05, 0) is 30.9 Å². The minimum Gasteiger partial charge on any atom is -0.492 e. The number of ether oxygens (including phenoxy) is 2. The summed E-state index contributed by atoms with van der Waals surface area (Å²) in [5.74, 6) is 2.06. The van der Waals surface area contributed by atoms with Gasteiger partial charge in [0.25, 0.3) is 0 Å². The Bertz CT molecular complexity index is 1020. The van der Waals surface area contributed by atoms with Gasteiger partial charge in [0.2, 0.25) is 0 Å². The van der Waals surface area contributed by atoms with E-state index in [0.717, 1.165) is 44.0 Å². The Morgan fingerprint density at radius 3 is 1.42 bits per heavy atom. The third kappa shape index (κ3) is 8.43. The van der Waals surface area contributed by atoms with Crippen LogP contribution >= 0.6 is 0 Å². The van der Waals surface area contributed by atoms with E-state index in [2.05, 4.69) is 63.2 Å². The molecule has 0 N–H and O–H groups in total. The zero-order valence-electron chi connectivity index (χ0n) is 23.4. The van der Waals surface area contributed by atoms with E-state index in [1.54, 1.807) is 0 Å².